The lowest BCUT2D eigenvalue weighted by molar-refractivity contribution is -0.119. The number of benzene rings is 1. The third-order valence-corrected chi connectivity index (χ3v) is 4.47. The molecule has 2 aromatic rings. The Morgan fingerprint density at radius 1 is 1.36 bits per heavy atom. The first-order valence-electron chi connectivity index (χ1n) is 7.48. The van der Waals surface area contributed by atoms with Gasteiger partial charge >= 0.3 is 0 Å². The van der Waals surface area contributed by atoms with Crippen molar-refractivity contribution in [3.63, 3.8) is 0 Å². The summed E-state index contributed by atoms with van der Waals surface area (Å²) in [4.78, 5) is 28.9. The zero-order valence-electron chi connectivity index (χ0n) is 13.1. The van der Waals surface area contributed by atoms with Crippen LogP contribution < -0.4 is 10.9 Å². The van der Waals surface area contributed by atoms with Crippen LogP contribution in [0.5, 0.6) is 0 Å². The second kappa shape index (κ2) is 7.45. The van der Waals surface area contributed by atoms with Gasteiger partial charge in [-0.25, -0.2) is 4.98 Å². The fourth-order valence-electron chi connectivity index (χ4n) is 2.09. The molecule has 0 fully saturated rings. The van der Waals surface area contributed by atoms with Crippen LogP contribution >= 0.6 is 11.8 Å². The molecule has 0 aliphatic heterocycles. The molecule has 0 aliphatic rings. The lowest BCUT2D eigenvalue weighted by Crippen LogP contribution is -2.33. The summed E-state index contributed by atoms with van der Waals surface area (Å²) in [5, 5.41) is 4.11. The van der Waals surface area contributed by atoms with Crippen LogP contribution in [-0.2, 0) is 11.3 Å². The Bertz CT molecular complexity index is 727. The van der Waals surface area contributed by atoms with Crippen LogP contribution in [0.4, 0.5) is 0 Å². The van der Waals surface area contributed by atoms with Crippen molar-refractivity contribution in [1.82, 2.24) is 14.9 Å². The maximum atomic E-state index is 12.5. The van der Waals surface area contributed by atoms with Crippen molar-refractivity contribution >= 4 is 28.6 Å². The van der Waals surface area contributed by atoms with Crippen LogP contribution in [0.3, 0.4) is 0 Å². The van der Waals surface area contributed by atoms with Gasteiger partial charge in [-0.3, -0.25) is 14.2 Å². The number of nitrogens with one attached hydrogen (secondary N) is 1. The fourth-order valence-corrected chi connectivity index (χ4v) is 2.96. The number of hydrogen-bond donors (Lipinski definition) is 1. The van der Waals surface area contributed by atoms with E-state index in [4.69, 9.17) is 0 Å². The molecule has 2 rings (SSSR count). The largest absolute Gasteiger partial charge is 0.353 e. The maximum Gasteiger partial charge on any atom is 0.262 e. The van der Waals surface area contributed by atoms with Gasteiger partial charge < -0.3 is 5.32 Å². The average Bonchev–Trinajstić information content (AvgIpc) is 2.53. The summed E-state index contributed by atoms with van der Waals surface area (Å²) in [7, 11) is 0. The minimum atomic E-state index is -0.0575. The Hall–Kier alpha value is -1.82. The van der Waals surface area contributed by atoms with E-state index in [9.17, 15) is 9.59 Å². The summed E-state index contributed by atoms with van der Waals surface area (Å²) in [6, 6.07) is 7.44. The highest BCUT2D eigenvalue weighted by Gasteiger charge is 2.12. The molecule has 0 bridgehead atoms. The Balaban J connectivity index is 2.24. The number of carbonyl (C=O) groups is 1. The average molecular weight is 319 g/mol. The molecule has 118 valence electrons. The number of thioether (sulfide) groups is 1. The van der Waals surface area contributed by atoms with Gasteiger partial charge in [-0.05, 0) is 32.4 Å². The molecule has 22 heavy (non-hydrogen) atoms. The molecule has 1 heterocycles. The fraction of sp³-hybridized carbons (Fsp3) is 0.438. The minimum absolute atomic E-state index is 0.0376. The second-order valence-corrected chi connectivity index (χ2v) is 6.07. The SMILES string of the molecule is CC[C@@H](C)NC(=O)CSc1nc2ccccc2c(=O)n1CC. The monoisotopic (exact) mass is 319 g/mol. The van der Waals surface area contributed by atoms with E-state index in [0.717, 1.165) is 6.42 Å². The summed E-state index contributed by atoms with van der Waals surface area (Å²) < 4.78 is 1.61. The van der Waals surface area contributed by atoms with Crippen molar-refractivity contribution in [2.24, 2.45) is 0 Å². The van der Waals surface area contributed by atoms with Crippen molar-refractivity contribution in [3.05, 3.63) is 34.6 Å². The summed E-state index contributed by atoms with van der Waals surface area (Å²) >= 11 is 1.30. The molecule has 6 heteroatoms. The van der Waals surface area contributed by atoms with Crippen molar-refractivity contribution in [1.29, 1.82) is 0 Å². The van der Waals surface area contributed by atoms with Crippen LogP contribution in [0.1, 0.15) is 27.2 Å². The highest BCUT2D eigenvalue weighted by molar-refractivity contribution is 7.99. The zero-order chi connectivity index (χ0) is 16.1. The summed E-state index contributed by atoms with van der Waals surface area (Å²) in [6.07, 6.45) is 0.893. The molecule has 1 aromatic carbocycles. The van der Waals surface area contributed by atoms with Crippen molar-refractivity contribution in [3.8, 4) is 0 Å². The number of para-hydroxylation sites is 1. The van der Waals surface area contributed by atoms with Crippen LogP contribution in [0.25, 0.3) is 10.9 Å². The number of fused-ring (bicyclic) bond motifs is 1. The standard InChI is InChI=1S/C16H21N3O2S/c1-4-11(3)17-14(20)10-22-16-18-13-9-7-6-8-12(13)15(21)19(16)5-2/h6-9,11H,4-5,10H2,1-3H3,(H,17,20)/t11-/m1/s1. The van der Waals surface area contributed by atoms with Gasteiger partial charge in [0.25, 0.3) is 5.56 Å². The van der Waals surface area contributed by atoms with Gasteiger partial charge in [0.1, 0.15) is 0 Å². The molecular weight excluding hydrogens is 298 g/mol. The van der Waals surface area contributed by atoms with Crippen LogP contribution in [0.2, 0.25) is 0 Å². The quantitative estimate of drug-likeness (QED) is 0.656. The number of hydrogen-bond acceptors (Lipinski definition) is 4. The van der Waals surface area contributed by atoms with E-state index in [2.05, 4.69) is 10.3 Å². The number of aromatic nitrogens is 2. The third kappa shape index (κ3) is 3.68. The number of amides is 1. The lowest BCUT2D eigenvalue weighted by atomic mass is 10.2. The first-order chi connectivity index (χ1) is 10.6. The molecule has 0 saturated carbocycles. The van der Waals surface area contributed by atoms with Gasteiger partial charge in [0.15, 0.2) is 5.16 Å². The lowest BCUT2D eigenvalue weighted by Gasteiger charge is -2.13. The van der Waals surface area contributed by atoms with E-state index in [1.54, 1.807) is 10.6 Å². The predicted molar refractivity (Wildman–Crippen MR) is 90.3 cm³/mol. The Morgan fingerprint density at radius 3 is 2.77 bits per heavy atom. The minimum Gasteiger partial charge on any atom is -0.353 e. The number of rotatable bonds is 6. The van der Waals surface area contributed by atoms with Gasteiger partial charge in [-0.1, -0.05) is 30.8 Å². The first kappa shape index (κ1) is 16.5. The van der Waals surface area contributed by atoms with Crippen LogP contribution in [0, 0.1) is 0 Å². The first-order valence-corrected chi connectivity index (χ1v) is 8.47. The third-order valence-electron chi connectivity index (χ3n) is 3.49. The van der Waals surface area contributed by atoms with Gasteiger partial charge in [-0.2, -0.15) is 0 Å². The Kier molecular flexibility index (Phi) is 5.60. The van der Waals surface area contributed by atoms with Gasteiger partial charge in [-0.15, -0.1) is 0 Å². The van der Waals surface area contributed by atoms with E-state index >= 15 is 0 Å². The van der Waals surface area contributed by atoms with Crippen LogP contribution in [0.15, 0.2) is 34.2 Å². The molecule has 1 amide bonds. The summed E-state index contributed by atoms with van der Waals surface area (Å²) in [6.45, 7) is 6.43. The van der Waals surface area contributed by atoms with Gasteiger partial charge in [0, 0.05) is 12.6 Å². The summed E-state index contributed by atoms with van der Waals surface area (Å²) in [5.41, 5.74) is 0.611. The van der Waals surface area contributed by atoms with E-state index in [1.165, 1.54) is 11.8 Å². The molecule has 0 aliphatic carbocycles. The van der Waals surface area contributed by atoms with E-state index in [-0.39, 0.29) is 23.3 Å². The molecule has 5 nitrogen and oxygen atoms in total. The molecule has 1 N–H and O–H groups in total. The Morgan fingerprint density at radius 2 is 2.09 bits per heavy atom. The predicted octanol–water partition coefficient (Wildman–Crippen LogP) is 2.42. The van der Waals surface area contributed by atoms with E-state index < -0.39 is 0 Å². The maximum absolute atomic E-state index is 12.5. The molecule has 0 unspecified atom stereocenters. The molecule has 1 atom stereocenters. The van der Waals surface area contributed by atoms with E-state index in [1.807, 2.05) is 39.0 Å². The van der Waals surface area contributed by atoms with E-state index in [0.29, 0.717) is 22.6 Å². The highest BCUT2D eigenvalue weighted by Crippen LogP contribution is 2.17. The second-order valence-electron chi connectivity index (χ2n) is 5.13. The Labute approximate surface area is 134 Å². The van der Waals surface area contributed by atoms with Crippen molar-refractivity contribution < 1.29 is 4.79 Å². The molecule has 1 aromatic heterocycles. The smallest absolute Gasteiger partial charge is 0.262 e. The van der Waals surface area contributed by atoms with Crippen molar-refractivity contribution in [2.75, 3.05) is 5.75 Å². The van der Waals surface area contributed by atoms with Crippen LogP contribution in [-0.4, -0.2) is 27.3 Å². The van der Waals surface area contributed by atoms with Gasteiger partial charge in [0.05, 0.1) is 16.7 Å². The van der Waals surface area contributed by atoms with Gasteiger partial charge in [0.2, 0.25) is 5.91 Å². The molecule has 0 saturated heterocycles. The summed E-state index contributed by atoms with van der Waals surface area (Å²) in [5.74, 6) is 0.221. The normalized spacial score (nSPS) is 12.3. The topological polar surface area (TPSA) is 64.0 Å². The molecule has 0 spiro atoms. The zero-order valence-corrected chi connectivity index (χ0v) is 13.9. The number of nitrogens with zero attached hydrogens (tertiary/aromatic N) is 2. The molecular formula is C16H21N3O2S. The van der Waals surface area contributed by atoms with Crippen molar-refractivity contribution in [2.45, 2.75) is 44.9 Å². The number of carbonyl (C=O) groups excluding carboxylic acids is 1. The molecule has 0 radical (unpaired) electrons. The highest BCUT2D eigenvalue weighted by atomic mass is 32.2.